The second-order valence-corrected chi connectivity index (χ2v) is 8.94. The lowest BCUT2D eigenvalue weighted by atomic mass is 9.71. The van der Waals surface area contributed by atoms with Gasteiger partial charge in [0.05, 0.1) is 12.1 Å². The summed E-state index contributed by atoms with van der Waals surface area (Å²) in [5.41, 5.74) is 4.70. The molecule has 2 fully saturated rings. The van der Waals surface area contributed by atoms with Crippen LogP contribution in [-0.2, 0) is 5.54 Å². The summed E-state index contributed by atoms with van der Waals surface area (Å²) in [6.45, 7) is 9.05. The molecule has 0 unspecified atom stereocenters. The molecule has 32 heavy (non-hydrogen) atoms. The Hall–Kier alpha value is -3.52. The molecule has 0 saturated heterocycles. The van der Waals surface area contributed by atoms with Crippen LogP contribution in [0.3, 0.4) is 0 Å². The average Bonchev–Trinajstić information content (AvgIpc) is 3.62. The van der Waals surface area contributed by atoms with E-state index < -0.39 is 5.54 Å². The fourth-order valence-electron chi connectivity index (χ4n) is 4.49. The van der Waals surface area contributed by atoms with Crippen LogP contribution in [0.25, 0.3) is 16.0 Å². The number of carbonyl (C=O) groups excluding carboxylic acids is 1. The highest BCUT2D eigenvalue weighted by atomic mass is 19.1. The van der Waals surface area contributed by atoms with Gasteiger partial charge in [0.15, 0.2) is 5.69 Å². The minimum absolute atomic E-state index is 0.207. The summed E-state index contributed by atoms with van der Waals surface area (Å²) in [5, 5.41) is 3.13. The van der Waals surface area contributed by atoms with Crippen molar-refractivity contribution in [2.75, 3.05) is 0 Å². The summed E-state index contributed by atoms with van der Waals surface area (Å²) >= 11 is 0. The highest BCUT2D eigenvalue weighted by molar-refractivity contribution is 5.95. The molecule has 1 N–H and O–H groups in total. The number of aromatic nitrogens is 1. The van der Waals surface area contributed by atoms with Gasteiger partial charge in [0, 0.05) is 34.5 Å². The summed E-state index contributed by atoms with van der Waals surface area (Å²) in [6.07, 6.45) is 6.68. The Balaban J connectivity index is 1.40. The number of benzene rings is 2. The Morgan fingerprint density at radius 1 is 1.12 bits per heavy atom. The molecule has 0 atom stereocenters. The standard InChI is InChI=1S/C27H24FN3O/c1-17-14-25(18-4-5-18)30-16-23(17)22-11-8-20(15-24(22)28)27(12-3-13-27)31-26(32)19-6-9-21(29-2)10-7-19/h6-11,14-16,18H,3-5,12-13H2,1H3,(H,31,32). The van der Waals surface area contributed by atoms with Gasteiger partial charge in [-0.25, -0.2) is 9.24 Å². The minimum atomic E-state index is -0.557. The smallest absolute Gasteiger partial charge is 0.251 e. The molecular weight excluding hydrogens is 401 g/mol. The minimum Gasteiger partial charge on any atom is -0.343 e. The van der Waals surface area contributed by atoms with Crippen molar-refractivity contribution >= 4 is 11.6 Å². The number of carbonyl (C=O) groups is 1. The van der Waals surface area contributed by atoms with Gasteiger partial charge in [-0.15, -0.1) is 0 Å². The van der Waals surface area contributed by atoms with Gasteiger partial charge in [0.1, 0.15) is 5.82 Å². The number of hydrogen-bond donors (Lipinski definition) is 1. The van der Waals surface area contributed by atoms with Gasteiger partial charge in [0.25, 0.3) is 5.91 Å². The molecular formula is C27H24FN3O. The fourth-order valence-corrected chi connectivity index (χ4v) is 4.49. The number of nitrogens with one attached hydrogen (secondary N) is 1. The lowest BCUT2D eigenvalue weighted by molar-refractivity contribution is 0.0823. The number of hydrogen-bond acceptors (Lipinski definition) is 2. The number of halogens is 1. The van der Waals surface area contributed by atoms with E-state index >= 15 is 4.39 Å². The summed E-state index contributed by atoms with van der Waals surface area (Å²) in [5.74, 6) is 0.0598. The predicted octanol–water partition coefficient (Wildman–Crippen LogP) is 6.43. The van der Waals surface area contributed by atoms with Crippen molar-refractivity contribution < 1.29 is 9.18 Å². The van der Waals surface area contributed by atoms with Crippen molar-refractivity contribution in [1.29, 1.82) is 0 Å². The quantitative estimate of drug-likeness (QED) is 0.479. The monoisotopic (exact) mass is 425 g/mol. The third kappa shape index (κ3) is 3.67. The lowest BCUT2D eigenvalue weighted by Crippen LogP contribution is -2.50. The molecule has 1 amide bonds. The van der Waals surface area contributed by atoms with E-state index in [1.807, 2.05) is 19.1 Å². The van der Waals surface area contributed by atoms with Gasteiger partial charge in [-0.3, -0.25) is 9.78 Å². The third-order valence-corrected chi connectivity index (χ3v) is 6.76. The van der Waals surface area contributed by atoms with Gasteiger partial charge < -0.3 is 5.32 Å². The fraction of sp³-hybridized carbons (Fsp3) is 0.296. The van der Waals surface area contributed by atoms with E-state index in [0.29, 0.717) is 22.7 Å². The van der Waals surface area contributed by atoms with Gasteiger partial charge in [-0.1, -0.05) is 36.4 Å². The Morgan fingerprint density at radius 2 is 1.88 bits per heavy atom. The molecule has 0 radical (unpaired) electrons. The molecule has 2 aliphatic rings. The Morgan fingerprint density at radius 3 is 2.44 bits per heavy atom. The van der Waals surface area contributed by atoms with Crippen LogP contribution < -0.4 is 5.32 Å². The molecule has 0 aliphatic heterocycles. The summed E-state index contributed by atoms with van der Waals surface area (Å²) in [4.78, 5) is 20.8. The van der Waals surface area contributed by atoms with Crippen LogP contribution in [0, 0.1) is 19.3 Å². The zero-order valence-corrected chi connectivity index (χ0v) is 18.0. The molecule has 0 spiro atoms. The first kappa shape index (κ1) is 20.4. The molecule has 2 saturated carbocycles. The zero-order valence-electron chi connectivity index (χ0n) is 18.0. The zero-order chi connectivity index (χ0) is 22.3. The molecule has 160 valence electrons. The third-order valence-electron chi connectivity index (χ3n) is 6.76. The van der Waals surface area contributed by atoms with Crippen LogP contribution >= 0.6 is 0 Å². The highest BCUT2D eigenvalue weighted by Crippen LogP contribution is 2.43. The number of aryl methyl sites for hydroxylation is 1. The Kier molecular flexibility index (Phi) is 5.01. The van der Waals surface area contributed by atoms with Crippen LogP contribution in [-0.4, -0.2) is 10.9 Å². The van der Waals surface area contributed by atoms with Crippen molar-refractivity contribution in [1.82, 2.24) is 10.3 Å². The van der Waals surface area contributed by atoms with Gasteiger partial charge in [-0.2, -0.15) is 0 Å². The predicted molar refractivity (Wildman–Crippen MR) is 122 cm³/mol. The molecule has 2 aromatic carbocycles. The number of nitrogens with zero attached hydrogens (tertiary/aromatic N) is 2. The van der Waals surface area contributed by atoms with Crippen LogP contribution in [0.5, 0.6) is 0 Å². The van der Waals surface area contributed by atoms with E-state index in [1.165, 1.54) is 12.8 Å². The van der Waals surface area contributed by atoms with Crippen LogP contribution in [0.2, 0.25) is 0 Å². The Labute approximate surface area is 187 Å². The van der Waals surface area contributed by atoms with Crippen LogP contribution in [0.1, 0.15) is 65.2 Å². The van der Waals surface area contributed by atoms with E-state index in [1.54, 1.807) is 36.5 Å². The molecule has 5 heteroatoms. The molecule has 5 rings (SSSR count). The van der Waals surface area contributed by atoms with Crippen molar-refractivity contribution in [2.45, 2.75) is 50.5 Å². The number of amides is 1. The first-order valence-corrected chi connectivity index (χ1v) is 11.1. The van der Waals surface area contributed by atoms with Gasteiger partial charge >= 0.3 is 0 Å². The second kappa shape index (κ2) is 7.87. The maximum Gasteiger partial charge on any atom is 0.251 e. The first-order valence-electron chi connectivity index (χ1n) is 11.1. The van der Waals surface area contributed by atoms with E-state index in [9.17, 15) is 4.79 Å². The average molecular weight is 426 g/mol. The van der Waals surface area contributed by atoms with Crippen LogP contribution in [0.15, 0.2) is 54.7 Å². The van der Waals surface area contributed by atoms with Crippen molar-refractivity contribution in [3.8, 4) is 11.1 Å². The second-order valence-electron chi connectivity index (χ2n) is 8.94. The molecule has 3 aromatic rings. The van der Waals surface area contributed by atoms with E-state index in [0.717, 1.165) is 41.6 Å². The van der Waals surface area contributed by atoms with Crippen molar-refractivity contribution in [3.05, 3.63) is 94.3 Å². The van der Waals surface area contributed by atoms with Crippen molar-refractivity contribution in [2.24, 2.45) is 0 Å². The highest BCUT2D eigenvalue weighted by Gasteiger charge is 2.40. The number of rotatable bonds is 5. The number of pyridine rings is 1. The maximum atomic E-state index is 15.3. The summed E-state index contributed by atoms with van der Waals surface area (Å²) in [6, 6.07) is 13.9. The largest absolute Gasteiger partial charge is 0.343 e. The maximum absolute atomic E-state index is 15.3. The molecule has 4 nitrogen and oxygen atoms in total. The van der Waals surface area contributed by atoms with E-state index in [-0.39, 0.29) is 11.7 Å². The molecule has 1 heterocycles. The van der Waals surface area contributed by atoms with Gasteiger partial charge in [0.2, 0.25) is 0 Å². The topological polar surface area (TPSA) is 46.4 Å². The normalized spacial score (nSPS) is 16.7. The summed E-state index contributed by atoms with van der Waals surface area (Å²) in [7, 11) is 0. The summed E-state index contributed by atoms with van der Waals surface area (Å²) < 4.78 is 15.3. The molecule has 0 bridgehead atoms. The van der Waals surface area contributed by atoms with Gasteiger partial charge in [-0.05, 0) is 62.3 Å². The molecule has 1 aromatic heterocycles. The Bertz CT molecular complexity index is 1230. The van der Waals surface area contributed by atoms with Crippen LogP contribution in [0.4, 0.5) is 10.1 Å². The lowest BCUT2D eigenvalue weighted by Gasteiger charge is -2.43. The SMILES string of the molecule is [C-]#[N+]c1ccc(C(=O)NC2(c3ccc(-c4cnc(C5CC5)cc4C)c(F)c3)CCC2)cc1. The van der Waals surface area contributed by atoms with E-state index in [4.69, 9.17) is 6.57 Å². The van der Waals surface area contributed by atoms with Crippen molar-refractivity contribution in [3.63, 3.8) is 0 Å². The van der Waals surface area contributed by atoms with E-state index in [2.05, 4.69) is 21.2 Å². The first-order chi connectivity index (χ1) is 15.5. The molecule has 2 aliphatic carbocycles.